The van der Waals surface area contributed by atoms with Crippen LogP contribution in [0.5, 0.6) is 0 Å². The first-order chi connectivity index (χ1) is 9.92. The van der Waals surface area contributed by atoms with E-state index in [1.165, 1.54) is 12.1 Å². The van der Waals surface area contributed by atoms with Gasteiger partial charge in [0.15, 0.2) is 6.61 Å². The Morgan fingerprint density at radius 2 is 1.86 bits per heavy atom. The van der Waals surface area contributed by atoms with Crippen molar-refractivity contribution in [3.63, 3.8) is 0 Å². The molecule has 0 aliphatic carbocycles. The number of imide groups is 1. The largest absolute Gasteiger partial charge is 0.452 e. The predicted molar refractivity (Wildman–Crippen MR) is 73.1 cm³/mol. The van der Waals surface area contributed by atoms with Crippen molar-refractivity contribution in [3.8, 4) is 0 Å². The highest BCUT2D eigenvalue weighted by molar-refractivity contribution is 5.97. The van der Waals surface area contributed by atoms with E-state index in [1.807, 2.05) is 12.2 Å². The average Bonchev–Trinajstić information content (AvgIpc) is 2.45. The van der Waals surface area contributed by atoms with Gasteiger partial charge in [-0.1, -0.05) is 6.92 Å². The number of carbonyl (C=O) groups excluding carboxylic acids is 3. The maximum Gasteiger partial charge on any atom is 0.338 e. The summed E-state index contributed by atoms with van der Waals surface area (Å²) in [7, 11) is 0. The molecule has 0 bridgehead atoms. The number of hydrogen-bond acceptors (Lipinski definition) is 4. The Morgan fingerprint density at radius 3 is 2.43 bits per heavy atom. The van der Waals surface area contributed by atoms with Gasteiger partial charge in [-0.15, -0.1) is 0 Å². The molecule has 0 aliphatic heterocycles. The normalized spacial score (nSPS) is 11.4. The topological polar surface area (TPSA) is 84.5 Å². The first-order valence-electron chi connectivity index (χ1n) is 6.45. The van der Waals surface area contributed by atoms with E-state index in [2.05, 4.69) is 5.32 Å². The number of halogens is 1. The molecule has 21 heavy (non-hydrogen) atoms. The van der Waals surface area contributed by atoms with Crippen LogP contribution in [0.4, 0.5) is 9.18 Å². The number of hydrogen-bond donors (Lipinski definition) is 2. The lowest BCUT2D eigenvalue weighted by Crippen LogP contribution is -2.44. The van der Waals surface area contributed by atoms with Gasteiger partial charge in [-0.3, -0.25) is 10.1 Å². The number of urea groups is 1. The molecule has 1 rings (SSSR count). The molecule has 0 aliphatic rings. The molecule has 3 amide bonds. The van der Waals surface area contributed by atoms with E-state index in [1.54, 1.807) is 6.92 Å². The van der Waals surface area contributed by atoms with Gasteiger partial charge in [-0.25, -0.2) is 14.0 Å². The third-order valence-electron chi connectivity index (χ3n) is 2.66. The summed E-state index contributed by atoms with van der Waals surface area (Å²) in [5.74, 6) is -2.00. The molecule has 0 heterocycles. The van der Waals surface area contributed by atoms with Gasteiger partial charge in [0.1, 0.15) is 5.82 Å². The SMILES string of the molecule is CC[C@@H](C)NC(=O)NC(=O)COC(=O)c1ccc(F)cc1. The molecule has 0 fully saturated rings. The van der Waals surface area contributed by atoms with E-state index in [9.17, 15) is 18.8 Å². The Kier molecular flexibility index (Phi) is 6.32. The number of esters is 1. The standard InChI is InChI=1S/C14H17FN2O4/c1-3-9(2)16-14(20)17-12(18)8-21-13(19)10-4-6-11(15)7-5-10/h4-7,9H,3,8H2,1-2H3,(H2,16,17,18,20)/t9-/m1/s1. The van der Waals surface area contributed by atoms with E-state index >= 15 is 0 Å². The van der Waals surface area contributed by atoms with E-state index in [-0.39, 0.29) is 11.6 Å². The van der Waals surface area contributed by atoms with Crippen molar-refractivity contribution in [2.75, 3.05) is 6.61 Å². The minimum Gasteiger partial charge on any atom is -0.452 e. The lowest BCUT2D eigenvalue weighted by molar-refractivity contribution is -0.123. The molecule has 1 aromatic carbocycles. The Hall–Kier alpha value is -2.44. The Morgan fingerprint density at radius 1 is 1.24 bits per heavy atom. The van der Waals surface area contributed by atoms with Gasteiger partial charge in [0, 0.05) is 6.04 Å². The molecule has 0 radical (unpaired) electrons. The molecule has 0 spiro atoms. The second-order valence-electron chi connectivity index (χ2n) is 4.41. The molecular weight excluding hydrogens is 279 g/mol. The van der Waals surface area contributed by atoms with Crippen LogP contribution in [-0.2, 0) is 9.53 Å². The molecular formula is C14H17FN2O4. The molecule has 0 unspecified atom stereocenters. The summed E-state index contributed by atoms with van der Waals surface area (Å²) in [5.41, 5.74) is 0.119. The van der Waals surface area contributed by atoms with E-state index in [0.29, 0.717) is 0 Å². The van der Waals surface area contributed by atoms with Crippen molar-refractivity contribution in [2.24, 2.45) is 0 Å². The molecule has 0 aromatic heterocycles. The summed E-state index contributed by atoms with van der Waals surface area (Å²) in [6.45, 7) is 3.08. The second-order valence-corrected chi connectivity index (χ2v) is 4.41. The smallest absolute Gasteiger partial charge is 0.338 e. The summed E-state index contributed by atoms with van der Waals surface area (Å²) < 4.78 is 17.4. The van der Waals surface area contributed by atoms with Crippen LogP contribution in [-0.4, -0.2) is 30.6 Å². The zero-order valence-electron chi connectivity index (χ0n) is 11.8. The van der Waals surface area contributed by atoms with Gasteiger partial charge >= 0.3 is 12.0 Å². The van der Waals surface area contributed by atoms with Crippen molar-refractivity contribution in [1.29, 1.82) is 0 Å². The van der Waals surface area contributed by atoms with Crippen molar-refractivity contribution in [2.45, 2.75) is 26.3 Å². The van der Waals surface area contributed by atoms with Crippen LogP contribution in [0.2, 0.25) is 0 Å². The summed E-state index contributed by atoms with van der Waals surface area (Å²) >= 11 is 0. The van der Waals surface area contributed by atoms with Crippen LogP contribution in [0.1, 0.15) is 30.6 Å². The molecule has 0 saturated carbocycles. The molecule has 2 N–H and O–H groups in total. The van der Waals surface area contributed by atoms with E-state index in [4.69, 9.17) is 4.74 Å². The highest BCUT2D eigenvalue weighted by Gasteiger charge is 2.13. The van der Waals surface area contributed by atoms with Crippen molar-refractivity contribution in [3.05, 3.63) is 35.6 Å². The highest BCUT2D eigenvalue weighted by Crippen LogP contribution is 2.04. The summed E-state index contributed by atoms with van der Waals surface area (Å²) in [6.07, 6.45) is 0.723. The van der Waals surface area contributed by atoms with E-state index < -0.39 is 30.3 Å². The minimum absolute atomic E-state index is 0.0698. The number of carbonyl (C=O) groups is 3. The first kappa shape index (κ1) is 16.6. The van der Waals surface area contributed by atoms with Gasteiger partial charge in [0.2, 0.25) is 0 Å². The van der Waals surface area contributed by atoms with Crippen LogP contribution < -0.4 is 10.6 Å². The maximum atomic E-state index is 12.7. The zero-order chi connectivity index (χ0) is 15.8. The number of nitrogens with one attached hydrogen (secondary N) is 2. The summed E-state index contributed by atoms with van der Waals surface area (Å²) in [6, 6.07) is 3.98. The number of amides is 3. The molecule has 114 valence electrons. The molecule has 1 atom stereocenters. The molecule has 1 aromatic rings. The second kappa shape index (κ2) is 7.98. The third-order valence-corrected chi connectivity index (χ3v) is 2.66. The van der Waals surface area contributed by atoms with Gasteiger partial charge < -0.3 is 10.1 Å². The zero-order valence-corrected chi connectivity index (χ0v) is 11.8. The lowest BCUT2D eigenvalue weighted by atomic mass is 10.2. The van der Waals surface area contributed by atoms with Gasteiger partial charge in [-0.05, 0) is 37.6 Å². The summed E-state index contributed by atoms with van der Waals surface area (Å²) in [5, 5.41) is 4.57. The Labute approximate surface area is 121 Å². The maximum absolute atomic E-state index is 12.7. The number of benzene rings is 1. The van der Waals surface area contributed by atoms with Crippen molar-refractivity contribution in [1.82, 2.24) is 10.6 Å². The minimum atomic E-state index is -0.771. The van der Waals surface area contributed by atoms with E-state index in [0.717, 1.165) is 18.6 Å². The lowest BCUT2D eigenvalue weighted by Gasteiger charge is -2.11. The fraction of sp³-hybridized carbons (Fsp3) is 0.357. The van der Waals surface area contributed by atoms with Crippen molar-refractivity contribution < 1.29 is 23.5 Å². The monoisotopic (exact) mass is 296 g/mol. The Bertz CT molecular complexity index is 516. The highest BCUT2D eigenvalue weighted by atomic mass is 19.1. The molecule has 0 saturated heterocycles. The molecule has 7 heteroatoms. The fourth-order valence-electron chi connectivity index (χ4n) is 1.33. The van der Waals surface area contributed by atoms with Gasteiger partial charge in [-0.2, -0.15) is 0 Å². The Balaban J connectivity index is 2.37. The van der Waals surface area contributed by atoms with Gasteiger partial charge in [0.05, 0.1) is 5.56 Å². The fourth-order valence-corrected chi connectivity index (χ4v) is 1.33. The van der Waals surface area contributed by atoms with Crippen LogP contribution in [0.25, 0.3) is 0 Å². The first-order valence-corrected chi connectivity index (χ1v) is 6.45. The van der Waals surface area contributed by atoms with Crippen LogP contribution in [0.3, 0.4) is 0 Å². The van der Waals surface area contributed by atoms with Crippen LogP contribution >= 0.6 is 0 Å². The van der Waals surface area contributed by atoms with Crippen LogP contribution in [0, 0.1) is 5.82 Å². The number of ether oxygens (including phenoxy) is 1. The average molecular weight is 296 g/mol. The summed E-state index contributed by atoms with van der Waals surface area (Å²) in [4.78, 5) is 34.3. The quantitative estimate of drug-likeness (QED) is 0.808. The van der Waals surface area contributed by atoms with Crippen molar-refractivity contribution >= 4 is 17.9 Å². The molecule has 6 nitrogen and oxygen atoms in total. The van der Waals surface area contributed by atoms with Gasteiger partial charge in [0.25, 0.3) is 5.91 Å². The third kappa shape index (κ3) is 6.03. The predicted octanol–water partition coefficient (Wildman–Crippen LogP) is 1.61. The number of rotatable bonds is 5. The van der Waals surface area contributed by atoms with Crippen LogP contribution in [0.15, 0.2) is 24.3 Å².